The van der Waals surface area contributed by atoms with E-state index in [0.29, 0.717) is 29.5 Å². The number of rotatable bonds is 3. The second-order valence-electron chi connectivity index (χ2n) is 7.57. The average Bonchev–Trinajstić information content (AvgIpc) is 3.39. The second kappa shape index (κ2) is 7.69. The molecular formula is C23H18FN5O2. The van der Waals surface area contributed by atoms with Gasteiger partial charge in [-0.1, -0.05) is 6.07 Å². The Balaban J connectivity index is 1.26. The number of hydrogen-bond acceptors (Lipinski definition) is 5. The molecule has 8 heteroatoms. The monoisotopic (exact) mass is 415 g/mol. The van der Waals surface area contributed by atoms with E-state index in [1.807, 2.05) is 22.6 Å². The molecule has 3 heterocycles. The van der Waals surface area contributed by atoms with Crippen LogP contribution in [0.25, 0.3) is 16.6 Å². The molecule has 4 aromatic rings. The minimum atomic E-state index is -0.440. The van der Waals surface area contributed by atoms with E-state index in [-0.39, 0.29) is 17.6 Å². The summed E-state index contributed by atoms with van der Waals surface area (Å²) in [6, 6.07) is 13.7. The maximum atomic E-state index is 13.3. The summed E-state index contributed by atoms with van der Waals surface area (Å²) >= 11 is 0. The Morgan fingerprint density at radius 3 is 2.90 bits per heavy atom. The molecule has 1 fully saturated rings. The van der Waals surface area contributed by atoms with E-state index >= 15 is 0 Å². The molecule has 0 bridgehead atoms. The van der Waals surface area contributed by atoms with Gasteiger partial charge in [-0.15, -0.1) is 0 Å². The summed E-state index contributed by atoms with van der Waals surface area (Å²) in [5.74, 6) is 0.181. The molecule has 0 atom stereocenters. The molecule has 1 amide bonds. The van der Waals surface area contributed by atoms with Crippen LogP contribution in [0.5, 0.6) is 0 Å². The highest BCUT2D eigenvalue weighted by Crippen LogP contribution is 2.24. The van der Waals surface area contributed by atoms with Gasteiger partial charge in [0, 0.05) is 23.3 Å². The first-order chi connectivity index (χ1) is 15.1. The lowest BCUT2D eigenvalue weighted by Crippen LogP contribution is -2.27. The van der Waals surface area contributed by atoms with Crippen LogP contribution in [0.4, 0.5) is 10.2 Å². The Bertz CT molecular complexity index is 1370. The van der Waals surface area contributed by atoms with Gasteiger partial charge in [0.1, 0.15) is 28.9 Å². The number of aliphatic imine (C=N–C) groups is 1. The Hall–Kier alpha value is -3.99. The summed E-state index contributed by atoms with van der Waals surface area (Å²) in [7, 11) is 0. The fourth-order valence-corrected chi connectivity index (χ4v) is 3.92. The first-order valence-electron chi connectivity index (χ1n) is 10.0. The van der Waals surface area contributed by atoms with Crippen molar-refractivity contribution in [3.8, 4) is 6.07 Å². The fourth-order valence-electron chi connectivity index (χ4n) is 3.92. The smallest absolute Gasteiger partial charge is 0.312 e. The normalized spacial score (nSPS) is 16.4. The Labute approximate surface area is 176 Å². The van der Waals surface area contributed by atoms with Gasteiger partial charge in [0.05, 0.1) is 0 Å². The van der Waals surface area contributed by atoms with Crippen molar-refractivity contribution in [1.82, 2.24) is 9.38 Å². The summed E-state index contributed by atoms with van der Waals surface area (Å²) in [4.78, 5) is 21.0. The maximum absolute atomic E-state index is 13.3. The summed E-state index contributed by atoms with van der Waals surface area (Å²) in [6.45, 7) is 0. The molecule has 31 heavy (non-hydrogen) atoms. The van der Waals surface area contributed by atoms with Crippen LogP contribution in [0.2, 0.25) is 0 Å². The lowest BCUT2D eigenvalue weighted by atomic mass is 9.93. The number of anilines is 1. The number of nitriles is 1. The van der Waals surface area contributed by atoms with E-state index in [0.717, 1.165) is 30.0 Å². The zero-order valence-corrected chi connectivity index (χ0v) is 16.5. The van der Waals surface area contributed by atoms with Crippen LogP contribution in [0, 0.1) is 17.1 Å². The van der Waals surface area contributed by atoms with Gasteiger partial charge in [-0.25, -0.2) is 14.4 Å². The van der Waals surface area contributed by atoms with Crippen molar-refractivity contribution in [3.05, 3.63) is 65.9 Å². The molecule has 0 saturated heterocycles. The number of nitrogens with one attached hydrogen (secondary N) is 1. The first kappa shape index (κ1) is 19.0. The van der Waals surface area contributed by atoms with Crippen molar-refractivity contribution >= 4 is 34.1 Å². The molecule has 5 rings (SSSR count). The minimum absolute atomic E-state index is 0.119. The number of hydrogen-bond donors (Lipinski definition) is 1. The molecule has 0 aliphatic heterocycles. The van der Waals surface area contributed by atoms with Gasteiger partial charge in [0.2, 0.25) is 0 Å². The number of halogens is 1. The number of furan rings is 1. The largest absolute Gasteiger partial charge is 0.451 e. The minimum Gasteiger partial charge on any atom is -0.451 e. The molecule has 0 unspecified atom stereocenters. The van der Waals surface area contributed by atoms with Gasteiger partial charge < -0.3 is 9.73 Å². The van der Waals surface area contributed by atoms with Crippen molar-refractivity contribution in [2.45, 2.75) is 31.7 Å². The quantitative estimate of drug-likeness (QED) is 0.522. The third-order valence-electron chi connectivity index (χ3n) is 5.47. The van der Waals surface area contributed by atoms with Crippen LogP contribution in [-0.2, 0) is 0 Å². The fraction of sp³-hybridized carbons (Fsp3) is 0.217. The van der Waals surface area contributed by atoms with Crippen LogP contribution < -0.4 is 5.32 Å². The van der Waals surface area contributed by atoms with Crippen LogP contribution in [0.1, 0.15) is 41.9 Å². The molecule has 3 aromatic heterocycles. The van der Waals surface area contributed by atoms with E-state index in [9.17, 15) is 9.18 Å². The molecule has 154 valence electrons. The number of nitrogens with zero attached hydrogens (tertiary/aromatic N) is 4. The average molecular weight is 415 g/mol. The summed E-state index contributed by atoms with van der Waals surface area (Å²) in [6.07, 6.45) is 4.76. The molecule has 1 aromatic carbocycles. The highest BCUT2D eigenvalue weighted by molar-refractivity contribution is 6.04. The van der Waals surface area contributed by atoms with Gasteiger partial charge in [0.15, 0.2) is 11.5 Å². The lowest BCUT2D eigenvalue weighted by molar-refractivity contribution is 0.0978. The highest BCUT2D eigenvalue weighted by atomic mass is 19.1. The second-order valence-corrected chi connectivity index (χ2v) is 7.57. The number of carbonyl (C=O) groups excluding carboxylic acids is 1. The van der Waals surface area contributed by atoms with Crippen molar-refractivity contribution in [1.29, 1.82) is 5.26 Å². The van der Waals surface area contributed by atoms with Crippen LogP contribution in [0.15, 0.2) is 58.1 Å². The van der Waals surface area contributed by atoms with Gasteiger partial charge in [0.25, 0.3) is 0 Å². The number of amides is 1. The molecule has 1 aliphatic carbocycles. The van der Waals surface area contributed by atoms with Gasteiger partial charge in [-0.3, -0.25) is 9.20 Å². The Morgan fingerprint density at radius 1 is 1.26 bits per heavy atom. The third-order valence-corrected chi connectivity index (χ3v) is 5.47. The molecule has 1 saturated carbocycles. The summed E-state index contributed by atoms with van der Waals surface area (Å²) < 4.78 is 20.7. The summed E-state index contributed by atoms with van der Waals surface area (Å²) in [5.41, 5.74) is 2.39. The first-order valence-corrected chi connectivity index (χ1v) is 10.0. The van der Waals surface area contributed by atoms with Gasteiger partial charge in [-0.2, -0.15) is 5.26 Å². The number of pyridine rings is 1. The van der Waals surface area contributed by atoms with Crippen LogP contribution in [-0.4, -0.2) is 27.0 Å². The molecular weight excluding hydrogens is 397 g/mol. The predicted octanol–water partition coefficient (Wildman–Crippen LogP) is 4.73. The molecule has 0 spiro atoms. The zero-order chi connectivity index (χ0) is 21.4. The van der Waals surface area contributed by atoms with Gasteiger partial charge >= 0.3 is 5.91 Å². The number of fused-ring (bicyclic) bond motifs is 2. The van der Waals surface area contributed by atoms with Crippen molar-refractivity contribution in [3.63, 3.8) is 0 Å². The van der Waals surface area contributed by atoms with Crippen LogP contribution in [0.3, 0.4) is 0 Å². The number of benzene rings is 1. The van der Waals surface area contributed by atoms with Crippen molar-refractivity contribution in [2.24, 2.45) is 4.99 Å². The van der Waals surface area contributed by atoms with E-state index in [4.69, 9.17) is 9.68 Å². The lowest BCUT2D eigenvalue weighted by Gasteiger charge is -2.25. The molecule has 1 N–H and O–H groups in total. The summed E-state index contributed by atoms with van der Waals surface area (Å²) in [5, 5.41) is 13.1. The van der Waals surface area contributed by atoms with Crippen molar-refractivity contribution < 1.29 is 13.6 Å². The zero-order valence-electron chi connectivity index (χ0n) is 16.5. The SMILES string of the molecule is N#Cc1cn2c(NC3CCC(=NC(=O)c4cc5cc(F)ccc5o4)CC3)cccc2n1. The maximum Gasteiger partial charge on any atom is 0.312 e. The van der Waals surface area contributed by atoms with Crippen LogP contribution >= 0.6 is 0 Å². The number of carbonyl (C=O) groups is 1. The van der Waals surface area contributed by atoms with E-state index in [2.05, 4.69) is 21.4 Å². The topological polar surface area (TPSA) is 95.7 Å². The molecule has 7 nitrogen and oxygen atoms in total. The van der Waals surface area contributed by atoms with E-state index in [1.54, 1.807) is 6.20 Å². The standard InChI is InChI=1S/C23H18FN5O2/c24-15-4-9-19-14(10-15)11-20(31-19)23(30)28-17-7-5-16(6-8-17)26-21-2-1-3-22-27-18(12-25)13-29(21)22/h1-4,9-11,13,16,26H,5-8H2. The third kappa shape index (κ3) is 3.78. The highest BCUT2D eigenvalue weighted by Gasteiger charge is 2.20. The number of imidazole rings is 1. The number of aromatic nitrogens is 2. The van der Waals surface area contributed by atoms with Gasteiger partial charge in [-0.05, 0) is 62.1 Å². The molecule has 1 aliphatic rings. The Kier molecular flexibility index (Phi) is 4.71. The predicted molar refractivity (Wildman–Crippen MR) is 114 cm³/mol. The van der Waals surface area contributed by atoms with E-state index < -0.39 is 5.91 Å². The van der Waals surface area contributed by atoms with E-state index in [1.165, 1.54) is 24.3 Å². The molecule has 0 radical (unpaired) electrons. The van der Waals surface area contributed by atoms with Crippen molar-refractivity contribution in [2.75, 3.05) is 5.32 Å². The Morgan fingerprint density at radius 2 is 2.10 bits per heavy atom.